The minimum absolute atomic E-state index is 0.0117. The highest BCUT2D eigenvalue weighted by atomic mass is 32.2. The molecule has 0 saturated heterocycles. The summed E-state index contributed by atoms with van der Waals surface area (Å²) < 4.78 is 43.4. The van der Waals surface area contributed by atoms with Crippen molar-refractivity contribution in [1.29, 1.82) is 0 Å². The quantitative estimate of drug-likeness (QED) is 0.686. The first kappa shape index (κ1) is 21.9. The van der Waals surface area contributed by atoms with Gasteiger partial charge in [0.05, 0.1) is 20.0 Å². The fraction of sp³-hybridized carbons (Fsp3) is 0.381. The number of rotatable bonds is 8. The van der Waals surface area contributed by atoms with Gasteiger partial charge in [-0.15, -0.1) is 0 Å². The fourth-order valence-corrected chi connectivity index (χ4v) is 4.67. The molecule has 1 aliphatic rings. The van der Waals surface area contributed by atoms with Crippen LogP contribution < -0.4 is 19.1 Å². The number of nitrogens with zero attached hydrogens (tertiary/aromatic N) is 1. The van der Waals surface area contributed by atoms with Crippen LogP contribution in [0.15, 0.2) is 36.4 Å². The monoisotopic (exact) mass is 434 g/mol. The van der Waals surface area contributed by atoms with E-state index in [0.717, 1.165) is 24.1 Å². The minimum atomic E-state index is -3.66. The predicted octanol–water partition coefficient (Wildman–Crippen LogP) is 2.57. The predicted molar refractivity (Wildman–Crippen MR) is 115 cm³/mol. The normalized spacial score (nSPS) is 13.5. The van der Waals surface area contributed by atoms with Gasteiger partial charge in [0, 0.05) is 31.1 Å². The van der Waals surface area contributed by atoms with Gasteiger partial charge in [0.1, 0.15) is 18.1 Å². The number of carbonyl (C=O) groups is 1. The van der Waals surface area contributed by atoms with E-state index in [-0.39, 0.29) is 18.3 Å². The zero-order valence-electron chi connectivity index (χ0n) is 17.3. The van der Waals surface area contributed by atoms with Crippen LogP contribution in [0.25, 0.3) is 0 Å². The number of aryl methyl sites for hydroxylation is 1. The van der Waals surface area contributed by atoms with Crippen LogP contribution >= 0.6 is 0 Å². The molecule has 0 aromatic heterocycles. The maximum atomic E-state index is 12.7. The average Bonchev–Trinajstić information content (AvgIpc) is 2.72. The lowest BCUT2D eigenvalue weighted by molar-refractivity contribution is -0.122. The first-order valence-corrected chi connectivity index (χ1v) is 11.1. The molecule has 1 N–H and O–H groups in total. The molecule has 0 radical (unpaired) electrons. The van der Waals surface area contributed by atoms with Crippen molar-refractivity contribution < 1.29 is 27.4 Å². The summed E-state index contributed by atoms with van der Waals surface area (Å²) in [7, 11) is 0.846. The van der Waals surface area contributed by atoms with Crippen LogP contribution in [0.4, 0.5) is 11.4 Å². The second-order valence-corrected chi connectivity index (χ2v) is 8.73. The zero-order valence-corrected chi connectivity index (χ0v) is 18.1. The highest BCUT2D eigenvalue weighted by Gasteiger charge is 2.23. The molecule has 0 atom stereocenters. The Hall–Kier alpha value is -2.78. The molecular weight excluding hydrogens is 408 g/mol. The van der Waals surface area contributed by atoms with E-state index >= 15 is 0 Å². The number of nitrogens with one attached hydrogen (secondary N) is 1. The number of amides is 1. The first-order valence-electron chi connectivity index (χ1n) is 9.50. The van der Waals surface area contributed by atoms with E-state index in [9.17, 15) is 13.2 Å². The summed E-state index contributed by atoms with van der Waals surface area (Å²) in [5.74, 6) is 0.706. The van der Waals surface area contributed by atoms with Crippen LogP contribution in [0, 0.1) is 0 Å². The lowest BCUT2D eigenvalue weighted by Gasteiger charge is -2.29. The van der Waals surface area contributed by atoms with Crippen molar-refractivity contribution in [2.45, 2.75) is 18.6 Å². The third-order valence-electron chi connectivity index (χ3n) is 4.81. The molecule has 30 heavy (non-hydrogen) atoms. The molecule has 0 aliphatic carbocycles. The van der Waals surface area contributed by atoms with Crippen molar-refractivity contribution in [2.24, 2.45) is 0 Å². The second-order valence-electron chi connectivity index (χ2n) is 7.01. The molecule has 1 amide bonds. The van der Waals surface area contributed by atoms with E-state index in [0.29, 0.717) is 29.3 Å². The van der Waals surface area contributed by atoms with Crippen LogP contribution in [0.3, 0.4) is 0 Å². The fourth-order valence-electron chi connectivity index (χ4n) is 3.51. The van der Waals surface area contributed by atoms with Crippen LogP contribution in [0.5, 0.6) is 11.5 Å². The van der Waals surface area contributed by atoms with E-state index < -0.39 is 10.0 Å². The third-order valence-corrected chi connectivity index (χ3v) is 6.07. The number of carbonyl (C=O) groups excluding carboxylic acids is 1. The molecule has 0 unspecified atom stereocenters. The number of benzene rings is 2. The van der Waals surface area contributed by atoms with Gasteiger partial charge in [0.2, 0.25) is 10.0 Å². The van der Waals surface area contributed by atoms with E-state index in [1.165, 1.54) is 21.3 Å². The molecule has 2 aromatic rings. The standard InChI is InChI=1S/C21H26N2O6S/c1-27-13-21(24)23-8-4-5-16-11-17(6-7-20(16)23)22-30(25,26)14-15-9-18(28-2)12-19(10-15)29-3/h6-7,9-12,22H,4-5,8,13-14H2,1-3H3. The first-order chi connectivity index (χ1) is 14.3. The molecule has 8 nitrogen and oxygen atoms in total. The van der Waals surface area contributed by atoms with Crippen LogP contribution in [0.1, 0.15) is 17.5 Å². The number of hydrogen-bond donors (Lipinski definition) is 1. The van der Waals surface area contributed by atoms with Gasteiger partial charge >= 0.3 is 0 Å². The Kier molecular flexibility index (Phi) is 6.84. The molecule has 0 spiro atoms. The SMILES string of the molecule is COCC(=O)N1CCCc2cc(NS(=O)(=O)Cc3cc(OC)cc(OC)c3)ccc21. The summed E-state index contributed by atoms with van der Waals surface area (Å²) >= 11 is 0. The van der Waals surface area contributed by atoms with Crippen molar-refractivity contribution in [3.05, 3.63) is 47.5 Å². The highest BCUT2D eigenvalue weighted by Crippen LogP contribution is 2.31. The summed E-state index contributed by atoms with van der Waals surface area (Å²) in [5.41, 5.74) is 2.73. The number of sulfonamides is 1. The average molecular weight is 435 g/mol. The Morgan fingerprint density at radius 3 is 2.40 bits per heavy atom. The van der Waals surface area contributed by atoms with Gasteiger partial charge in [-0.25, -0.2) is 8.42 Å². The summed E-state index contributed by atoms with van der Waals surface area (Å²) in [4.78, 5) is 13.9. The van der Waals surface area contributed by atoms with E-state index in [1.54, 1.807) is 41.3 Å². The molecule has 2 aromatic carbocycles. The Morgan fingerprint density at radius 2 is 1.77 bits per heavy atom. The zero-order chi connectivity index (χ0) is 21.7. The van der Waals surface area contributed by atoms with Crippen molar-refractivity contribution in [1.82, 2.24) is 0 Å². The summed E-state index contributed by atoms with van der Waals surface area (Å²) in [5, 5.41) is 0. The number of hydrogen-bond acceptors (Lipinski definition) is 6. The van der Waals surface area contributed by atoms with E-state index in [2.05, 4.69) is 4.72 Å². The molecule has 1 heterocycles. The van der Waals surface area contributed by atoms with Crippen LogP contribution in [-0.2, 0) is 31.7 Å². The maximum Gasteiger partial charge on any atom is 0.252 e. The number of fused-ring (bicyclic) bond motifs is 1. The third kappa shape index (κ3) is 5.22. The van der Waals surface area contributed by atoms with Gasteiger partial charge in [-0.2, -0.15) is 0 Å². The van der Waals surface area contributed by atoms with Crippen molar-refractivity contribution >= 4 is 27.3 Å². The van der Waals surface area contributed by atoms with Crippen molar-refractivity contribution in [3.63, 3.8) is 0 Å². The molecule has 0 saturated carbocycles. The molecular formula is C21H26N2O6S. The lowest BCUT2D eigenvalue weighted by Crippen LogP contribution is -2.37. The Labute approximate surface area is 176 Å². The summed E-state index contributed by atoms with van der Waals surface area (Å²) in [6.07, 6.45) is 1.58. The summed E-state index contributed by atoms with van der Waals surface area (Å²) in [6, 6.07) is 10.2. The Balaban J connectivity index is 1.78. The Morgan fingerprint density at radius 1 is 1.07 bits per heavy atom. The summed E-state index contributed by atoms with van der Waals surface area (Å²) in [6.45, 7) is 0.635. The topological polar surface area (TPSA) is 94.2 Å². The largest absolute Gasteiger partial charge is 0.497 e. The molecule has 9 heteroatoms. The molecule has 162 valence electrons. The van der Waals surface area contributed by atoms with Crippen molar-refractivity contribution in [3.8, 4) is 11.5 Å². The maximum absolute atomic E-state index is 12.7. The second kappa shape index (κ2) is 9.36. The van der Waals surface area contributed by atoms with Gasteiger partial charge in [0.15, 0.2) is 0 Å². The highest BCUT2D eigenvalue weighted by molar-refractivity contribution is 7.91. The van der Waals surface area contributed by atoms with Gasteiger partial charge in [0.25, 0.3) is 5.91 Å². The van der Waals surface area contributed by atoms with Crippen LogP contribution in [0.2, 0.25) is 0 Å². The van der Waals surface area contributed by atoms with Crippen LogP contribution in [-0.4, -0.2) is 48.8 Å². The Bertz CT molecular complexity index is 1000. The van der Waals surface area contributed by atoms with E-state index in [4.69, 9.17) is 14.2 Å². The minimum Gasteiger partial charge on any atom is -0.497 e. The number of methoxy groups -OCH3 is 3. The van der Waals surface area contributed by atoms with Crippen molar-refractivity contribution in [2.75, 3.05) is 44.1 Å². The number of ether oxygens (including phenoxy) is 3. The smallest absolute Gasteiger partial charge is 0.252 e. The molecule has 1 aliphatic heterocycles. The number of anilines is 2. The molecule has 0 fully saturated rings. The van der Waals surface area contributed by atoms with Gasteiger partial charge in [-0.3, -0.25) is 9.52 Å². The molecule has 0 bridgehead atoms. The molecule has 3 rings (SSSR count). The van der Waals surface area contributed by atoms with Gasteiger partial charge in [-0.1, -0.05) is 0 Å². The van der Waals surface area contributed by atoms with Gasteiger partial charge in [-0.05, 0) is 54.3 Å². The van der Waals surface area contributed by atoms with Gasteiger partial charge < -0.3 is 19.1 Å². The lowest BCUT2D eigenvalue weighted by atomic mass is 10.0. The van der Waals surface area contributed by atoms with E-state index in [1.807, 2.05) is 0 Å².